The molecule has 0 saturated carbocycles. The first-order chi connectivity index (χ1) is 51.0. The number of nitrogens with zero attached hydrogens (tertiary/aromatic N) is 1. The molecule has 0 fully saturated rings. The van der Waals surface area contributed by atoms with E-state index >= 15 is 0 Å². The van der Waals surface area contributed by atoms with Crippen molar-refractivity contribution in [3.8, 4) is 0 Å². The molecule has 1 N–H and O–H groups in total. The number of quaternary nitrogens is 1. The third-order valence-electron chi connectivity index (χ3n) is 19.2. The number of rotatable bonds is 81. The molecule has 0 heterocycles. The van der Waals surface area contributed by atoms with E-state index in [2.05, 4.69) is 148 Å². The van der Waals surface area contributed by atoms with Crippen LogP contribution in [0.15, 0.2) is 134 Å². The summed E-state index contributed by atoms with van der Waals surface area (Å²) < 4.78 is 34.9. The highest BCUT2D eigenvalue weighted by atomic mass is 31.2. The summed E-state index contributed by atoms with van der Waals surface area (Å²) in [6, 6.07) is 0. The van der Waals surface area contributed by atoms with Gasteiger partial charge < -0.3 is 18.9 Å². The maximum atomic E-state index is 12.9. The summed E-state index contributed by atoms with van der Waals surface area (Å²) in [5.41, 5.74) is 0. The molecule has 600 valence electrons. The molecule has 2 unspecified atom stereocenters. The molecule has 0 aliphatic carbocycles. The third-order valence-corrected chi connectivity index (χ3v) is 20.1. The molecule has 104 heavy (non-hydrogen) atoms. The summed E-state index contributed by atoms with van der Waals surface area (Å²) in [5.74, 6) is -0.783. The van der Waals surface area contributed by atoms with Crippen molar-refractivity contribution in [2.24, 2.45) is 0 Å². The first-order valence-electron chi connectivity index (χ1n) is 43.9. The Bertz CT molecular complexity index is 2230. The van der Waals surface area contributed by atoms with Gasteiger partial charge in [-0.2, -0.15) is 0 Å². The van der Waals surface area contributed by atoms with Crippen LogP contribution in [0.5, 0.6) is 0 Å². The summed E-state index contributed by atoms with van der Waals surface area (Å²) in [7, 11) is 1.49. The Morgan fingerprint density at radius 2 is 0.548 bits per heavy atom. The van der Waals surface area contributed by atoms with Crippen molar-refractivity contribution in [2.75, 3.05) is 47.5 Å². The van der Waals surface area contributed by atoms with Crippen LogP contribution >= 0.6 is 7.82 Å². The Balaban J connectivity index is 3.92. The van der Waals surface area contributed by atoms with Gasteiger partial charge >= 0.3 is 19.8 Å². The Labute approximate surface area is 644 Å². The van der Waals surface area contributed by atoms with Gasteiger partial charge in [0.1, 0.15) is 19.8 Å². The van der Waals surface area contributed by atoms with Gasteiger partial charge in [0.25, 0.3) is 0 Å². The highest BCUT2D eigenvalue weighted by molar-refractivity contribution is 7.47. The molecule has 0 spiro atoms. The standard InChI is InChI=1S/C94H166NO8P/c1-6-8-10-12-14-16-18-20-22-24-26-28-30-32-34-36-38-40-42-44-46-47-49-51-53-55-57-59-61-63-65-67-69-71-73-75-77-79-81-83-85-87-94(97)103-92(91-102-104(98,99)101-89-88-95(3,4)5)90-100-93(96)86-84-82-80-78-76-74-72-70-68-66-64-62-60-58-56-54-52-50-48-45-43-41-39-37-35-33-31-29-27-25-23-21-19-17-15-13-11-9-7-2/h8,10,14,16,19-22,25-28,31-34,38,40,44,46,49,51,92H,6-7,9,11-13,15,17-18,23-24,29-30,35-37,39,41-43,45,47-48,50,52-91H2,1-5H3/p+1/b10-8-,16-14-,21-19-,22-20-,27-25-,28-26-,33-31-,34-32-,40-38-,46-44-,51-49-. The second-order valence-electron chi connectivity index (χ2n) is 30.5. The maximum absolute atomic E-state index is 12.9. The summed E-state index contributed by atoms with van der Waals surface area (Å²) in [6.07, 6.45) is 122. The first-order valence-corrected chi connectivity index (χ1v) is 45.4. The van der Waals surface area contributed by atoms with Crippen molar-refractivity contribution < 1.29 is 42.1 Å². The molecule has 0 saturated heterocycles. The second-order valence-corrected chi connectivity index (χ2v) is 32.0. The predicted octanol–water partition coefficient (Wildman–Crippen LogP) is 29.8. The molecule has 0 aromatic heterocycles. The van der Waals surface area contributed by atoms with Crippen LogP contribution in [0.1, 0.15) is 399 Å². The van der Waals surface area contributed by atoms with Crippen molar-refractivity contribution in [3.63, 3.8) is 0 Å². The smallest absolute Gasteiger partial charge is 0.462 e. The monoisotopic (exact) mass is 1470 g/mol. The minimum absolute atomic E-state index is 0.0299. The Morgan fingerprint density at radius 1 is 0.308 bits per heavy atom. The average Bonchev–Trinajstić information content (AvgIpc) is 0.920. The van der Waals surface area contributed by atoms with E-state index in [9.17, 15) is 19.0 Å². The number of phosphoric acid groups is 1. The molecule has 10 heteroatoms. The van der Waals surface area contributed by atoms with Crippen molar-refractivity contribution >= 4 is 19.8 Å². The quantitative estimate of drug-likeness (QED) is 0.0211. The third kappa shape index (κ3) is 87.1. The molecule has 0 rings (SSSR count). The zero-order valence-electron chi connectivity index (χ0n) is 68.7. The van der Waals surface area contributed by atoms with Crippen molar-refractivity contribution in [1.82, 2.24) is 0 Å². The van der Waals surface area contributed by atoms with Gasteiger partial charge in [-0.1, -0.05) is 404 Å². The first kappa shape index (κ1) is 100. The van der Waals surface area contributed by atoms with Crippen LogP contribution < -0.4 is 0 Å². The van der Waals surface area contributed by atoms with E-state index < -0.39 is 26.5 Å². The molecule has 9 nitrogen and oxygen atoms in total. The number of allylic oxidation sites excluding steroid dienone is 22. The van der Waals surface area contributed by atoms with E-state index in [0.29, 0.717) is 17.4 Å². The zero-order chi connectivity index (χ0) is 75.4. The lowest BCUT2D eigenvalue weighted by Crippen LogP contribution is -2.37. The number of carbonyl (C=O) groups excluding carboxylic acids is 2. The van der Waals surface area contributed by atoms with Gasteiger partial charge in [0.05, 0.1) is 27.7 Å². The SMILES string of the molecule is CC/C=C\C/C=C\C/C=C\C/C=C\C/C=C\C/C=C\C/C=C\C/C=C\CCCCCCCCCCCCCCCCCCC(=O)OC(COC(=O)CCCCCCCCCCCCCCCCCCCCCCCCCC/C=C\C/C=C\C/C=C\CCCCCCC)COP(=O)(O)OCC[N+](C)(C)C. The number of esters is 2. The lowest BCUT2D eigenvalue weighted by Gasteiger charge is -2.24. The molecule has 2 atom stereocenters. The summed E-state index contributed by atoms with van der Waals surface area (Å²) in [4.78, 5) is 36.1. The van der Waals surface area contributed by atoms with E-state index in [4.69, 9.17) is 18.5 Å². The summed E-state index contributed by atoms with van der Waals surface area (Å²) >= 11 is 0. The van der Waals surface area contributed by atoms with Crippen molar-refractivity contribution in [3.05, 3.63) is 134 Å². The molecule has 0 aromatic rings. The van der Waals surface area contributed by atoms with Gasteiger partial charge in [-0.05, 0) is 116 Å². The lowest BCUT2D eigenvalue weighted by atomic mass is 10.0. The molecule has 0 radical (unpaired) electrons. The molecular weight excluding hydrogens is 1300 g/mol. The Morgan fingerprint density at radius 3 is 0.817 bits per heavy atom. The zero-order valence-corrected chi connectivity index (χ0v) is 69.6. The van der Waals surface area contributed by atoms with Crippen molar-refractivity contribution in [2.45, 2.75) is 405 Å². The predicted molar refractivity (Wildman–Crippen MR) is 454 cm³/mol. The molecular formula is C94H167NO8P+. The molecule has 0 aliphatic rings. The Kier molecular flexibility index (Phi) is 80.1. The van der Waals surface area contributed by atoms with Crippen molar-refractivity contribution in [1.29, 1.82) is 0 Å². The summed E-state index contributed by atoms with van der Waals surface area (Å²) in [6.45, 7) is 4.35. The molecule has 0 bridgehead atoms. The minimum Gasteiger partial charge on any atom is -0.462 e. The minimum atomic E-state index is -4.40. The Hall–Kier alpha value is -3.85. The maximum Gasteiger partial charge on any atom is 0.472 e. The van der Waals surface area contributed by atoms with E-state index in [1.54, 1.807) is 0 Å². The van der Waals surface area contributed by atoms with Gasteiger partial charge in [-0.25, -0.2) is 4.57 Å². The average molecular weight is 1470 g/mol. The van der Waals surface area contributed by atoms with E-state index in [1.165, 1.54) is 263 Å². The van der Waals surface area contributed by atoms with Crippen LogP contribution in [0.2, 0.25) is 0 Å². The van der Waals surface area contributed by atoms with E-state index in [-0.39, 0.29) is 32.0 Å². The largest absolute Gasteiger partial charge is 0.472 e. The van der Waals surface area contributed by atoms with Crippen LogP contribution in [0, 0.1) is 0 Å². The number of unbranched alkanes of at least 4 members (excludes halogenated alkanes) is 45. The van der Waals surface area contributed by atoms with Crippen LogP contribution in [-0.2, 0) is 32.7 Å². The number of hydrogen-bond acceptors (Lipinski definition) is 7. The van der Waals surface area contributed by atoms with Crippen LogP contribution in [-0.4, -0.2) is 74.9 Å². The highest BCUT2D eigenvalue weighted by Crippen LogP contribution is 2.43. The molecule has 0 aromatic carbocycles. The van der Waals surface area contributed by atoms with Crippen LogP contribution in [0.3, 0.4) is 0 Å². The van der Waals surface area contributed by atoms with Crippen LogP contribution in [0.4, 0.5) is 0 Å². The normalized spacial score (nSPS) is 13.6. The lowest BCUT2D eigenvalue weighted by molar-refractivity contribution is -0.870. The second kappa shape index (κ2) is 83.2. The van der Waals surface area contributed by atoms with Crippen LogP contribution in [0.25, 0.3) is 0 Å². The highest BCUT2D eigenvalue weighted by Gasteiger charge is 2.27. The fraction of sp³-hybridized carbons (Fsp3) is 0.745. The van der Waals surface area contributed by atoms with Gasteiger partial charge in [0.2, 0.25) is 0 Å². The molecule has 0 amide bonds. The number of phosphoric ester groups is 1. The van der Waals surface area contributed by atoms with Gasteiger partial charge in [-0.15, -0.1) is 0 Å². The topological polar surface area (TPSA) is 108 Å². The fourth-order valence-corrected chi connectivity index (χ4v) is 13.3. The summed E-state index contributed by atoms with van der Waals surface area (Å²) in [5, 5.41) is 0. The number of ether oxygens (including phenoxy) is 2. The van der Waals surface area contributed by atoms with Gasteiger partial charge in [0, 0.05) is 12.8 Å². The number of likely N-dealkylation sites (N-methyl/N-ethyl adjacent to an activating group) is 1. The van der Waals surface area contributed by atoms with E-state index in [0.717, 1.165) is 103 Å². The number of carbonyl (C=O) groups is 2. The number of hydrogen-bond donors (Lipinski definition) is 1. The fourth-order valence-electron chi connectivity index (χ4n) is 12.5. The van der Waals surface area contributed by atoms with E-state index in [1.807, 2.05) is 21.1 Å². The van der Waals surface area contributed by atoms with Gasteiger partial charge in [0.15, 0.2) is 6.10 Å². The van der Waals surface area contributed by atoms with Gasteiger partial charge in [-0.3, -0.25) is 18.6 Å². The molecule has 0 aliphatic heterocycles.